The van der Waals surface area contributed by atoms with Crippen molar-refractivity contribution < 1.29 is 19.1 Å². The SMILES string of the molecule is CC(C)(C)C(C)(C)C(=O)OCCOC(=O)C1CCCCN1. The number of hydrogen-bond donors (Lipinski definition) is 1. The van der Waals surface area contributed by atoms with Crippen molar-refractivity contribution in [2.24, 2.45) is 10.8 Å². The summed E-state index contributed by atoms with van der Waals surface area (Å²) >= 11 is 0. The lowest BCUT2D eigenvalue weighted by molar-refractivity contribution is -0.164. The van der Waals surface area contributed by atoms with E-state index in [1.165, 1.54) is 0 Å². The molecule has 1 aliphatic rings. The Morgan fingerprint density at radius 2 is 1.67 bits per heavy atom. The highest BCUT2D eigenvalue weighted by molar-refractivity contribution is 5.77. The predicted octanol–water partition coefficient (Wildman–Crippen LogP) is 2.29. The molecule has 0 aromatic rings. The third kappa shape index (κ3) is 4.99. The van der Waals surface area contributed by atoms with Crippen LogP contribution in [0.1, 0.15) is 53.9 Å². The molecule has 1 N–H and O–H groups in total. The fraction of sp³-hybridized carbons (Fsp3) is 0.875. The van der Waals surface area contributed by atoms with Crippen molar-refractivity contribution in [2.45, 2.75) is 59.9 Å². The highest BCUT2D eigenvalue weighted by Gasteiger charge is 2.41. The maximum Gasteiger partial charge on any atom is 0.323 e. The molecular weight excluding hydrogens is 270 g/mol. The second-order valence-electron chi connectivity index (χ2n) is 7.18. The summed E-state index contributed by atoms with van der Waals surface area (Å²) in [5.74, 6) is -0.511. The van der Waals surface area contributed by atoms with Crippen LogP contribution in [0.15, 0.2) is 0 Å². The standard InChI is InChI=1S/C16H29NO4/c1-15(2,3)16(4,5)14(19)21-11-10-20-13(18)12-8-6-7-9-17-12/h12,17H,6-11H2,1-5H3. The fourth-order valence-corrected chi connectivity index (χ4v) is 1.92. The molecule has 1 fully saturated rings. The van der Waals surface area contributed by atoms with Crippen LogP contribution >= 0.6 is 0 Å². The first-order valence-electron chi connectivity index (χ1n) is 7.73. The average Bonchev–Trinajstić information content (AvgIpc) is 2.42. The van der Waals surface area contributed by atoms with Gasteiger partial charge < -0.3 is 14.8 Å². The molecule has 0 aliphatic carbocycles. The molecule has 0 radical (unpaired) electrons. The lowest BCUT2D eigenvalue weighted by Gasteiger charge is -2.36. The van der Waals surface area contributed by atoms with Crippen LogP contribution in [0.3, 0.4) is 0 Å². The first-order valence-corrected chi connectivity index (χ1v) is 7.73. The van der Waals surface area contributed by atoms with Gasteiger partial charge in [-0.15, -0.1) is 0 Å². The van der Waals surface area contributed by atoms with Gasteiger partial charge in [0.25, 0.3) is 0 Å². The van der Waals surface area contributed by atoms with Crippen molar-refractivity contribution in [3.63, 3.8) is 0 Å². The Bertz CT molecular complexity index is 365. The van der Waals surface area contributed by atoms with E-state index in [0.717, 1.165) is 25.8 Å². The monoisotopic (exact) mass is 299 g/mol. The van der Waals surface area contributed by atoms with Crippen molar-refractivity contribution in [2.75, 3.05) is 19.8 Å². The number of hydrogen-bond acceptors (Lipinski definition) is 5. The maximum absolute atomic E-state index is 12.1. The molecule has 5 heteroatoms. The van der Waals surface area contributed by atoms with Gasteiger partial charge in [0, 0.05) is 0 Å². The van der Waals surface area contributed by atoms with Crippen LogP contribution in [0.4, 0.5) is 0 Å². The van der Waals surface area contributed by atoms with Crippen LogP contribution in [0.2, 0.25) is 0 Å². The van der Waals surface area contributed by atoms with Crippen molar-refractivity contribution in [1.82, 2.24) is 5.32 Å². The number of nitrogens with one attached hydrogen (secondary N) is 1. The molecular formula is C16H29NO4. The summed E-state index contributed by atoms with van der Waals surface area (Å²) in [4.78, 5) is 23.9. The molecule has 1 rings (SSSR count). The van der Waals surface area contributed by atoms with E-state index in [9.17, 15) is 9.59 Å². The Balaban J connectivity index is 2.27. The summed E-state index contributed by atoms with van der Waals surface area (Å²) in [5, 5.41) is 3.13. The van der Waals surface area contributed by atoms with Crippen molar-refractivity contribution in [3.8, 4) is 0 Å². The molecule has 0 spiro atoms. The predicted molar refractivity (Wildman–Crippen MR) is 80.8 cm³/mol. The Kier molecular flexibility index (Phi) is 6.20. The fourth-order valence-electron chi connectivity index (χ4n) is 1.92. The van der Waals surface area contributed by atoms with Crippen LogP contribution in [-0.4, -0.2) is 37.7 Å². The minimum absolute atomic E-state index is 0.108. The smallest absolute Gasteiger partial charge is 0.323 e. The number of rotatable bonds is 5. The summed E-state index contributed by atoms with van der Waals surface area (Å²) in [6.45, 7) is 10.8. The quantitative estimate of drug-likeness (QED) is 0.623. The van der Waals surface area contributed by atoms with Gasteiger partial charge in [0.05, 0.1) is 5.41 Å². The van der Waals surface area contributed by atoms with Gasteiger partial charge in [-0.2, -0.15) is 0 Å². The molecule has 1 saturated heterocycles. The first-order chi connectivity index (χ1) is 9.66. The third-order valence-electron chi connectivity index (χ3n) is 4.54. The van der Waals surface area contributed by atoms with Gasteiger partial charge in [-0.3, -0.25) is 9.59 Å². The topological polar surface area (TPSA) is 64.6 Å². The Morgan fingerprint density at radius 1 is 1.05 bits per heavy atom. The van der Waals surface area contributed by atoms with Gasteiger partial charge in [0.15, 0.2) is 0 Å². The minimum atomic E-state index is -0.581. The molecule has 1 heterocycles. The minimum Gasteiger partial charge on any atom is -0.462 e. The maximum atomic E-state index is 12.1. The van der Waals surface area contributed by atoms with E-state index in [0.29, 0.717) is 0 Å². The van der Waals surface area contributed by atoms with Gasteiger partial charge in [0.1, 0.15) is 19.3 Å². The number of piperidine rings is 1. The summed E-state index contributed by atoms with van der Waals surface area (Å²) in [7, 11) is 0. The summed E-state index contributed by atoms with van der Waals surface area (Å²) in [6.07, 6.45) is 2.96. The van der Waals surface area contributed by atoms with E-state index in [4.69, 9.17) is 9.47 Å². The first kappa shape index (κ1) is 18.0. The number of esters is 2. The van der Waals surface area contributed by atoms with Gasteiger partial charge in [-0.05, 0) is 38.6 Å². The summed E-state index contributed by atoms with van der Waals surface area (Å²) in [6, 6.07) is -0.208. The number of carbonyl (C=O) groups excluding carboxylic acids is 2. The summed E-state index contributed by atoms with van der Waals surface area (Å²) < 4.78 is 10.4. The third-order valence-corrected chi connectivity index (χ3v) is 4.54. The molecule has 0 bridgehead atoms. The van der Waals surface area contributed by atoms with E-state index in [2.05, 4.69) is 5.32 Å². The van der Waals surface area contributed by atoms with Crippen molar-refractivity contribution in [1.29, 1.82) is 0 Å². The van der Waals surface area contributed by atoms with E-state index < -0.39 is 5.41 Å². The van der Waals surface area contributed by atoms with Crippen LogP contribution < -0.4 is 5.32 Å². The highest BCUT2D eigenvalue weighted by atomic mass is 16.6. The molecule has 0 amide bonds. The molecule has 0 saturated carbocycles. The van der Waals surface area contributed by atoms with E-state index in [1.54, 1.807) is 0 Å². The molecule has 1 atom stereocenters. The Morgan fingerprint density at radius 3 is 2.19 bits per heavy atom. The normalized spacial score (nSPS) is 20.0. The van der Waals surface area contributed by atoms with Crippen LogP contribution in [-0.2, 0) is 19.1 Å². The Labute approximate surface area is 127 Å². The number of ether oxygens (including phenoxy) is 2. The molecule has 1 unspecified atom stereocenters. The summed E-state index contributed by atoms with van der Waals surface area (Å²) in [5.41, 5.74) is -0.769. The van der Waals surface area contributed by atoms with Crippen LogP contribution in [0.25, 0.3) is 0 Å². The van der Waals surface area contributed by atoms with Gasteiger partial charge >= 0.3 is 11.9 Å². The zero-order valence-electron chi connectivity index (χ0n) is 14.0. The average molecular weight is 299 g/mol. The van der Waals surface area contributed by atoms with E-state index >= 15 is 0 Å². The highest BCUT2D eigenvalue weighted by Crippen LogP contribution is 2.38. The van der Waals surface area contributed by atoms with Crippen LogP contribution in [0, 0.1) is 10.8 Å². The van der Waals surface area contributed by atoms with Crippen molar-refractivity contribution >= 4 is 11.9 Å². The van der Waals surface area contributed by atoms with E-state index in [-0.39, 0.29) is 36.6 Å². The van der Waals surface area contributed by atoms with Gasteiger partial charge in [-0.25, -0.2) is 0 Å². The van der Waals surface area contributed by atoms with Crippen molar-refractivity contribution in [3.05, 3.63) is 0 Å². The lowest BCUT2D eigenvalue weighted by Crippen LogP contribution is -2.42. The largest absolute Gasteiger partial charge is 0.462 e. The molecule has 0 aromatic heterocycles. The zero-order chi connectivity index (χ0) is 16.1. The second-order valence-corrected chi connectivity index (χ2v) is 7.18. The second kappa shape index (κ2) is 7.25. The number of carbonyl (C=O) groups is 2. The molecule has 1 aliphatic heterocycles. The van der Waals surface area contributed by atoms with E-state index in [1.807, 2.05) is 34.6 Å². The molecule has 5 nitrogen and oxygen atoms in total. The van der Waals surface area contributed by atoms with Gasteiger partial charge in [0.2, 0.25) is 0 Å². The zero-order valence-corrected chi connectivity index (χ0v) is 14.0. The molecule has 122 valence electrons. The van der Waals surface area contributed by atoms with Crippen LogP contribution in [0.5, 0.6) is 0 Å². The lowest BCUT2D eigenvalue weighted by atomic mass is 9.69. The molecule has 21 heavy (non-hydrogen) atoms. The Hall–Kier alpha value is -1.10. The molecule has 0 aromatic carbocycles. The van der Waals surface area contributed by atoms with Gasteiger partial charge in [-0.1, -0.05) is 27.2 Å².